The zero-order chi connectivity index (χ0) is 10.7. The molecule has 0 aliphatic heterocycles. The van der Waals surface area contributed by atoms with Crippen LogP contribution in [0, 0.1) is 0 Å². The van der Waals surface area contributed by atoms with Crippen LogP contribution in [0.25, 0.3) is 5.69 Å². The summed E-state index contributed by atoms with van der Waals surface area (Å²) < 4.78 is 6.92. The predicted molar refractivity (Wildman–Crippen MR) is 57.5 cm³/mol. The molecule has 0 fully saturated rings. The van der Waals surface area contributed by atoms with Gasteiger partial charge in [0.2, 0.25) is 0 Å². The Bertz CT molecular complexity index is 438. The summed E-state index contributed by atoms with van der Waals surface area (Å²) in [6.45, 7) is 0. The highest BCUT2D eigenvalue weighted by Gasteiger charge is 2.04. The number of aromatic nitrogens is 3. The number of rotatable bonds is 3. The summed E-state index contributed by atoms with van der Waals surface area (Å²) in [4.78, 5) is 0. The largest absolute Gasteiger partial charge is 0.497 e. The molecule has 0 aliphatic carbocycles. The Morgan fingerprint density at radius 1 is 1.33 bits per heavy atom. The van der Waals surface area contributed by atoms with Crippen LogP contribution < -0.4 is 4.74 Å². The van der Waals surface area contributed by atoms with E-state index < -0.39 is 0 Å². The van der Waals surface area contributed by atoms with Gasteiger partial charge in [-0.25, -0.2) is 0 Å². The van der Waals surface area contributed by atoms with Gasteiger partial charge in [-0.05, 0) is 24.3 Å². The number of alkyl halides is 1. The van der Waals surface area contributed by atoms with E-state index in [0.29, 0.717) is 5.88 Å². The van der Waals surface area contributed by atoms with E-state index in [9.17, 15) is 0 Å². The van der Waals surface area contributed by atoms with Gasteiger partial charge in [-0.15, -0.1) is 21.8 Å². The highest BCUT2D eigenvalue weighted by atomic mass is 35.5. The lowest BCUT2D eigenvalue weighted by molar-refractivity contribution is 0.414. The van der Waals surface area contributed by atoms with Gasteiger partial charge >= 0.3 is 0 Å². The third-order valence-corrected chi connectivity index (χ3v) is 2.33. The van der Waals surface area contributed by atoms with Crippen molar-refractivity contribution >= 4 is 11.6 Å². The van der Waals surface area contributed by atoms with Crippen molar-refractivity contribution < 1.29 is 4.74 Å². The summed E-state index contributed by atoms with van der Waals surface area (Å²) in [6, 6.07) is 7.62. The van der Waals surface area contributed by atoms with E-state index in [1.807, 2.05) is 28.8 Å². The monoisotopic (exact) mass is 223 g/mol. The third kappa shape index (κ3) is 1.94. The molecule has 1 aromatic heterocycles. The maximum absolute atomic E-state index is 5.73. The Hall–Kier alpha value is -1.55. The molecule has 2 aromatic rings. The minimum absolute atomic E-state index is 0.339. The normalized spacial score (nSPS) is 10.3. The molecule has 0 aliphatic rings. The number of halogens is 1. The Morgan fingerprint density at radius 3 is 2.67 bits per heavy atom. The molecule has 0 amide bonds. The van der Waals surface area contributed by atoms with Crippen LogP contribution in [-0.4, -0.2) is 21.9 Å². The molecular formula is C10H10ClN3O. The molecule has 0 unspecified atom stereocenters. The first-order chi connectivity index (χ1) is 7.35. The molecule has 0 bridgehead atoms. The van der Waals surface area contributed by atoms with Crippen LogP contribution in [0.3, 0.4) is 0 Å². The summed E-state index contributed by atoms with van der Waals surface area (Å²) in [5, 5.41) is 7.71. The van der Waals surface area contributed by atoms with Gasteiger partial charge < -0.3 is 4.74 Å². The molecule has 0 N–H and O–H groups in total. The lowest BCUT2D eigenvalue weighted by Crippen LogP contribution is -1.97. The van der Waals surface area contributed by atoms with Gasteiger partial charge in [0.25, 0.3) is 0 Å². The summed E-state index contributed by atoms with van der Waals surface area (Å²) in [6.07, 6.45) is 1.64. The fraction of sp³-hybridized carbons (Fsp3) is 0.200. The lowest BCUT2D eigenvalue weighted by atomic mass is 10.3. The van der Waals surface area contributed by atoms with Crippen LogP contribution in [0.5, 0.6) is 5.75 Å². The number of nitrogens with zero attached hydrogens (tertiary/aromatic N) is 3. The quantitative estimate of drug-likeness (QED) is 0.748. The van der Waals surface area contributed by atoms with Gasteiger partial charge in [0, 0.05) is 5.69 Å². The van der Waals surface area contributed by atoms with E-state index in [-0.39, 0.29) is 0 Å². The molecule has 1 aromatic carbocycles. The number of ether oxygens (including phenoxy) is 1. The Morgan fingerprint density at radius 2 is 2.07 bits per heavy atom. The van der Waals surface area contributed by atoms with Crippen molar-refractivity contribution in [1.29, 1.82) is 0 Å². The second-order valence-electron chi connectivity index (χ2n) is 2.95. The van der Waals surface area contributed by atoms with Crippen molar-refractivity contribution in [2.45, 2.75) is 5.88 Å². The van der Waals surface area contributed by atoms with E-state index in [2.05, 4.69) is 10.2 Å². The van der Waals surface area contributed by atoms with Crippen LogP contribution in [0.2, 0.25) is 0 Å². The molecule has 0 spiro atoms. The lowest BCUT2D eigenvalue weighted by Gasteiger charge is -2.05. The number of methoxy groups -OCH3 is 1. The predicted octanol–water partition coefficient (Wildman–Crippen LogP) is 2.01. The van der Waals surface area contributed by atoms with Crippen molar-refractivity contribution in [3.63, 3.8) is 0 Å². The minimum Gasteiger partial charge on any atom is -0.497 e. The zero-order valence-electron chi connectivity index (χ0n) is 8.22. The van der Waals surface area contributed by atoms with E-state index in [0.717, 1.165) is 17.3 Å². The first-order valence-corrected chi connectivity index (χ1v) is 4.98. The summed E-state index contributed by atoms with van der Waals surface area (Å²) in [5.41, 5.74) is 0.969. The fourth-order valence-electron chi connectivity index (χ4n) is 1.31. The van der Waals surface area contributed by atoms with Gasteiger partial charge in [0.15, 0.2) is 5.82 Å². The maximum Gasteiger partial charge on any atom is 0.152 e. The van der Waals surface area contributed by atoms with Gasteiger partial charge in [0.05, 0.1) is 13.0 Å². The molecule has 0 radical (unpaired) electrons. The molecule has 78 valence electrons. The Kier molecular flexibility index (Phi) is 2.87. The Labute approximate surface area is 92.5 Å². The van der Waals surface area contributed by atoms with Crippen LogP contribution in [0.1, 0.15) is 5.82 Å². The smallest absolute Gasteiger partial charge is 0.152 e. The number of benzene rings is 1. The molecular weight excluding hydrogens is 214 g/mol. The van der Waals surface area contributed by atoms with Gasteiger partial charge in [-0.3, -0.25) is 4.57 Å². The van der Waals surface area contributed by atoms with Crippen LogP contribution in [-0.2, 0) is 5.88 Å². The average molecular weight is 224 g/mol. The second kappa shape index (κ2) is 4.31. The SMILES string of the molecule is COc1ccc(-n2cnnc2CCl)cc1. The molecule has 0 atom stereocenters. The van der Waals surface area contributed by atoms with Crippen molar-refractivity contribution in [2.24, 2.45) is 0 Å². The highest BCUT2D eigenvalue weighted by Crippen LogP contribution is 2.16. The first-order valence-electron chi connectivity index (χ1n) is 4.44. The second-order valence-corrected chi connectivity index (χ2v) is 3.22. The topological polar surface area (TPSA) is 39.9 Å². The molecule has 1 heterocycles. The average Bonchev–Trinajstić information content (AvgIpc) is 2.77. The summed E-state index contributed by atoms with van der Waals surface area (Å²) in [7, 11) is 1.64. The van der Waals surface area contributed by atoms with Crippen LogP contribution >= 0.6 is 11.6 Å². The molecule has 4 nitrogen and oxygen atoms in total. The molecule has 0 saturated carbocycles. The Balaban J connectivity index is 2.37. The van der Waals surface area contributed by atoms with Crippen molar-refractivity contribution in [2.75, 3.05) is 7.11 Å². The molecule has 2 rings (SSSR count). The van der Waals surface area contributed by atoms with Crippen molar-refractivity contribution in [1.82, 2.24) is 14.8 Å². The van der Waals surface area contributed by atoms with Gasteiger partial charge in [0.1, 0.15) is 12.1 Å². The summed E-state index contributed by atoms with van der Waals surface area (Å²) >= 11 is 5.73. The minimum atomic E-state index is 0.339. The standard InChI is InChI=1S/C10H10ClN3O/c1-15-9-4-2-8(3-5-9)14-7-12-13-10(14)6-11/h2-5,7H,6H2,1H3. The number of hydrogen-bond donors (Lipinski definition) is 0. The van der Waals surface area contributed by atoms with Gasteiger partial charge in [-0.1, -0.05) is 0 Å². The highest BCUT2D eigenvalue weighted by molar-refractivity contribution is 6.16. The van der Waals surface area contributed by atoms with Crippen molar-refractivity contribution in [3.05, 3.63) is 36.4 Å². The molecule has 0 saturated heterocycles. The maximum atomic E-state index is 5.73. The van der Waals surface area contributed by atoms with Crippen LogP contribution in [0.15, 0.2) is 30.6 Å². The van der Waals surface area contributed by atoms with E-state index in [1.165, 1.54) is 0 Å². The number of hydrogen-bond acceptors (Lipinski definition) is 3. The van der Waals surface area contributed by atoms with Crippen LogP contribution in [0.4, 0.5) is 0 Å². The van der Waals surface area contributed by atoms with E-state index in [1.54, 1.807) is 13.4 Å². The van der Waals surface area contributed by atoms with E-state index in [4.69, 9.17) is 16.3 Å². The third-order valence-electron chi connectivity index (χ3n) is 2.09. The van der Waals surface area contributed by atoms with E-state index >= 15 is 0 Å². The zero-order valence-corrected chi connectivity index (χ0v) is 8.98. The molecule has 15 heavy (non-hydrogen) atoms. The summed E-state index contributed by atoms with van der Waals surface area (Å²) in [5.74, 6) is 1.88. The van der Waals surface area contributed by atoms with Crippen molar-refractivity contribution in [3.8, 4) is 11.4 Å². The first kappa shape index (κ1) is 9.98. The van der Waals surface area contributed by atoms with Gasteiger partial charge in [-0.2, -0.15) is 0 Å². The fourth-order valence-corrected chi connectivity index (χ4v) is 1.49. The molecule has 5 heteroatoms.